The van der Waals surface area contributed by atoms with Crippen molar-refractivity contribution in [2.45, 2.75) is 31.2 Å². The van der Waals surface area contributed by atoms with Crippen molar-refractivity contribution in [3.05, 3.63) is 0 Å². The van der Waals surface area contributed by atoms with Gasteiger partial charge in [0.05, 0.1) is 12.7 Å². The fraction of sp³-hybridized carbons (Fsp3) is 0.833. The van der Waals surface area contributed by atoms with Crippen LogP contribution < -0.4 is 5.32 Å². The minimum Gasteiger partial charge on any atom is -0.479 e. The van der Waals surface area contributed by atoms with Crippen LogP contribution in [-0.4, -0.2) is 73.5 Å². The highest BCUT2D eigenvalue weighted by Gasteiger charge is 2.34. The Balaban J connectivity index is 1.71. The van der Waals surface area contributed by atoms with Gasteiger partial charge in [-0.25, -0.2) is 4.79 Å². The minimum atomic E-state index is -1.01. The van der Waals surface area contributed by atoms with Crippen LogP contribution in [0.1, 0.15) is 12.8 Å². The van der Waals surface area contributed by atoms with Crippen molar-refractivity contribution in [2.24, 2.45) is 0 Å². The predicted octanol–water partition coefficient (Wildman–Crippen LogP) is -0.935. The normalized spacial score (nSPS) is 32.2. The molecule has 7 nitrogen and oxygen atoms in total. The van der Waals surface area contributed by atoms with Gasteiger partial charge < -0.3 is 24.8 Å². The zero-order chi connectivity index (χ0) is 13.8. The number of nitrogens with one attached hydrogen (secondary N) is 1. The number of rotatable bonds is 4. The van der Waals surface area contributed by atoms with Gasteiger partial charge in [0, 0.05) is 19.6 Å². The molecule has 2 saturated heterocycles. The van der Waals surface area contributed by atoms with Gasteiger partial charge in [0.1, 0.15) is 6.10 Å². The Morgan fingerprint density at radius 2 is 2.11 bits per heavy atom. The average Bonchev–Trinajstić information content (AvgIpc) is 2.86. The van der Waals surface area contributed by atoms with Gasteiger partial charge in [-0.05, 0) is 19.9 Å². The van der Waals surface area contributed by atoms with E-state index in [1.807, 2.05) is 7.05 Å². The Morgan fingerprint density at radius 1 is 1.37 bits per heavy atom. The maximum absolute atomic E-state index is 11.8. The van der Waals surface area contributed by atoms with Crippen molar-refractivity contribution in [2.75, 3.05) is 33.3 Å². The smallest absolute Gasteiger partial charge is 0.332 e. The van der Waals surface area contributed by atoms with Crippen LogP contribution in [0.15, 0.2) is 0 Å². The molecule has 2 N–H and O–H groups in total. The summed E-state index contributed by atoms with van der Waals surface area (Å²) in [5.41, 5.74) is 0. The van der Waals surface area contributed by atoms with Gasteiger partial charge in [-0.2, -0.15) is 0 Å². The molecule has 2 aliphatic heterocycles. The van der Waals surface area contributed by atoms with Gasteiger partial charge >= 0.3 is 5.97 Å². The molecule has 2 fully saturated rings. The lowest BCUT2D eigenvalue weighted by molar-refractivity contribution is -0.152. The number of aliphatic carboxylic acids is 1. The SMILES string of the molecule is CN1CCOC(CNC(=O)[C@@H]2CC[C@H](C(=O)O)O2)C1. The third-order valence-electron chi connectivity index (χ3n) is 3.43. The van der Waals surface area contributed by atoms with E-state index in [0.29, 0.717) is 26.0 Å². The highest BCUT2D eigenvalue weighted by molar-refractivity contribution is 5.82. The number of ether oxygens (including phenoxy) is 2. The van der Waals surface area contributed by atoms with Gasteiger partial charge in [-0.3, -0.25) is 4.79 Å². The second-order valence-electron chi connectivity index (χ2n) is 5.03. The molecule has 1 amide bonds. The van der Waals surface area contributed by atoms with E-state index >= 15 is 0 Å². The molecule has 7 heteroatoms. The predicted molar refractivity (Wildman–Crippen MR) is 65.8 cm³/mol. The largest absolute Gasteiger partial charge is 0.479 e. The molecule has 3 atom stereocenters. The third-order valence-corrected chi connectivity index (χ3v) is 3.43. The summed E-state index contributed by atoms with van der Waals surface area (Å²) in [5, 5.41) is 11.6. The maximum Gasteiger partial charge on any atom is 0.332 e. The molecule has 0 aromatic rings. The molecule has 2 heterocycles. The first-order valence-electron chi connectivity index (χ1n) is 6.52. The van der Waals surface area contributed by atoms with E-state index < -0.39 is 18.2 Å². The number of likely N-dealkylation sites (N-methyl/N-ethyl adjacent to an activating group) is 1. The van der Waals surface area contributed by atoms with Crippen molar-refractivity contribution in [3.8, 4) is 0 Å². The van der Waals surface area contributed by atoms with Crippen molar-refractivity contribution in [1.29, 1.82) is 0 Å². The number of carboxylic acid groups (broad SMARTS) is 1. The molecule has 1 unspecified atom stereocenters. The van der Waals surface area contributed by atoms with Gasteiger partial charge in [-0.15, -0.1) is 0 Å². The molecular weight excluding hydrogens is 252 g/mol. The lowest BCUT2D eigenvalue weighted by atomic mass is 10.2. The highest BCUT2D eigenvalue weighted by Crippen LogP contribution is 2.19. The molecule has 0 saturated carbocycles. The maximum atomic E-state index is 11.8. The van der Waals surface area contributed by atoms with Crippen LogP contribution in [0.5, 0.6) is 0 Å². The first-order chi connectivity index (χ1) is 9.06. The van der Waals surface area contributed by atoms with Gasteiger partial charge in [-0.1, -0.05) is 0 Å². The van der Waals surface area contributed by atoms with E-state index in [9.17, 15) is 9.59 Å². The second-order valence-corrected chi connectivity index (χ2v) is 5.03. The van der Waals surface area contributed by atoms with E-state index in [2.05, 4.69) is 10.2 Å². The molecule has 0 radical (unpaired) electrons. The fourth-order valence-electron chi connectivity index (χ4n) is 2.33. The van der Waals surface area contributed by atoms with Crippen LogP contribution in [-0.2, 0) is 19.1 Å². The first-order valence-corrected chi connectivity index (χ1v) is 6.52. The summed E-state index contributed by atoms with van der Waals surface area (Å²) < 4.78 is 10.7. The standard InChI is InChI=1S/C12H20N2O5/c1-14-4-5-18-8(7-14)6-13-11(15)9-2-3-10(19-9)12(16)17/h8-10H,2-7H2,1H3,(H,13,15)(H,16,17)/t8?,9-,10+/m0/s1. The summed E-state index contributed by atoms with van der Waals surface area (Å²) in [5.74, 6) is -1.26. The molecule has 2 rings (SSSR count). The number of carbonyl (C=O) groups is 2. The van der Waals surface area contributed by atoms with Crippen molar-refractivity contribution >= 4 is 11.9 Å². The minimum absolute atomic E-state index is 0.0145. The summed E-state index contributed by atoms with van der Waals surface area (Å²) in [6, 6.07) is 0. The Bertz CT molecular complexity index is 349. The quantitative estimate of drug-likeness (QED) is 0.687. The highest BCUT2D eigenvalue weighted by atomic mass is 16.5. The molecular formula is C12H20N2O5. The Morgan fingerprint density at radius 3 is 2.74 bits per heavy atom. The first kappa shape index (κ1) is 14.2. The summed E-state index contributed by atoms with van der Waals surface area (Å²) in [6.07, 6.45) is -0.681. The van der Waals surface area contributed by atoms with Crippen LogP contribution in [0.2, 0.25) is 0 Å². The molecule has 2 aliphatic rings. The van der Waals surface area contributed by atoms with Gasteiger partial charge in [0.15, 0.2) is 6.10 Å². The van der Waals surface area contributed by atoms with Crippen LogP contribution >= 0.6 is 0 Å². The Kier molecular flexibility index (Phi) is 4.73. The van der Waals surface area contributed by atoms with Crippen molar-refractivity contribution in [1.82, 2.24) is 10.2 Å². The lowest BCUT2D eigenvalue weighted by Crippen LogP contribution is -2.47. The summed E-state index contributed by atoms with van der Waals surface area (Å²) >= 11 is 0. The number of hydrogen-bond donors (Lipinski definition) is 2. The van der Waals surface area contributed by atoms with Gasteiger partial charge in [0.2, 0.25) is 5.91 Å². The number of hydrogen-bond acceptors (Lipinski definition) is 5. The number of carbonyl (C=O) groups excluding carboxylic acids is 1. The van der Waals surface area contributed by atoms with Gasteiger partial charge in [0.25, 0.3) is 0 Å². The van der Waals surface area contributed by atoms with E-state index in [1.54, 1.807) is 0 Å². The summed E-state index contributed by atoms with van der Waals surface area (Å²) in [6.45, 7) is 2.78. The molecule has 19 heavy (non-hydrogen) atoms. The average molecular weight is 272 g/mol. The topological polar surface area (TPSA) is 88.1 Å². The molecule has 0 aromatic heterocycles. The van der Waals surface area contributed by atoms with E-state index in [4.69, 9.17) is 14.6 Å². The zero-order valence-electron chi connectivity index (χ0n) is 11.0. The third kappa shape index (κ3) is 3.89. The molecule has 0 aliphatic carbocycles. The van der Waals surface area contributed by atoms with Crippen molar-refractivity contribution in [3.63, 3.8) is 0 Å². The number of carboxylic acids is 1. The molecule has 108 valence electrons. The molecule has 0 aromatic carbocycles. The van der Waals surface area contributed by atoms with Crippen LogP contribution in [0.4, 0.5) is 0 Å². The molecule has 0 spiro atoms. The Hall–Kier alpha value is -1.18. The summed E-state index contributed by atoms with van der Waals surface area (Å²) in [7, 11) is 2.01. The zero-order valence-corrected chi connectivity index (χ0v) is 11.0. The monoisotopic (exact) mass is 272 g/mol. The van der Waals surface area contributed by atoms with E-state index in [1.165, 1.54) is 0 Å². The van der Waals surface area contributed by atoms with E-state index in [-0.39, 0.29) is 12.0 Å². The van der Waals surface area contributed by atoms with E-state index in [0.717, 1.165) is 13.1 Å². The van der Waals surface area contributed by atoms with Crippen molar-refractivity contribution < 1.29 is 24.2 Å². The fourth-order valence-corrected chi connectivity index (χ4v) is 2.33. The number of nitrogens with zero attached hydrogens (tertiary/aromatic N) is 1. The summed E-state index contributed by atoms with van der Waals surface area (Å²) in [4.78, 5) is 24.7. The lowest BCUT2D eigenvalue weighted by Gasteiger charge is -2.30. The van der Waals surface area contributed by atoms with Crippen LogP contribution in [0, 0.1) is 0 Å². The molecule has 0 bridgehead atoms. The van der Waals surface area contributed by atoms with Crippen LogP contribution in [0.25, 0.3) is 0 Å². The van der Waals surface area contributed by atoms with Crippen LogP contribution in [0.3, 0.4) is 0 Å². The second kappa shape index (κ2) is 6.31. The number of morpholine rings is 1. The Labute approximate surface area is 111 Å². The number of amides is 1.